The molecule has 0 aliphatic rings. The molecule has 0 saturated heterocycles. The van der Waals surface area contributed by atoms with Crippen molar-refractivity contribution in [2.75, 3.05) is 5.75 Å². The van der Waals surface area contributed by atoms with Crippen LogP contribution in [0.4, 0.5) is 8.78 Å². The summed E-state index contributed by atoms with van der Waals surface area (Å²) in [6, 6.07) is 16.6. The van der Waals surface area contributed by atoms with Crippen LogP contribution in [0, 0.1) is 20.8 Å². The van der Waals surface area contributed by atoms with Crippen LogP contribution >= 0.6 is 11.8 Å². The second-order valence-electron chi connectivity index (χ2n) is 7.91. The number of alkyl halides is 2. The van der Waals surface area contributed by atoms with Gasteiger partial charge in [0.15, 0.2) is 10.9 Å². The van der Waals surface area contributed by atoms with Gasteiger partial charge in [-0.25, -0.2) is 4.98 Å². The van der Waals surface area contributed by atoms with Gasteiger partial charge in [0.25, 0.3) is 5.56 Å². The average Bonchev–Trinajstić information content (AvgIpc) is 2.77. The van der Waals surface area contributed by atoms with E-state index in [0.29, 0.717) is 27.3 Å². The summed E-state index contributed by atoms with van der Waals surface area (Å²) in [7, 11) is 0. The molecule has 0 aliphatic heterocycles. The Kier molecular flexibility index (Phi) is 6.79. The lowest BCUT2D eigenvalue weighted by Crippen LogP contribution is -2.22. The molecule has 8 heteroatoms. The van der Waals surface area contributed by atoms with Gasteiger partial charge in [0.1, 0.15) is 5.75 Å². The lowest BCUT2D eigenvalue weighted by atomic mass is 9.97. The third-order valence-electron chi connectivity index (χ3n) is 5.35. The minimum absolute atomic E-state index is 0.0183. The van der Waals surface area contributed by atoms with Crippen LogP contribution in [-0.4, -0.2) is 27.7 Å². The van der Waals surface area contributed by atoms with Crippen LogP contribution in [0.25, 0.3) is 16.6 Å². The van der Waals surface area contributed by atoms with E-state index in [1.165, 1.54) is 28.8 Å². The van der Waals surface area contributed by atoms with Crippen LogP contribution in [0.15, 0.2) is 70.6 Å². The number of fused-ring (bicyclic) bond motifs is 1. The quantitative estimate of drug-likeness (QED) is 0.188. The highest BCUT2D eigenvalue weighted by atomic mass is 32.2. The molecule has 0 amide bonds. The molecule has 1 aromatic heterocycles. The van der Waals surface area contributed by atoms with Gasteiger partial charge < -0.3 is 4.74 Å². The number of hydrogen-bond acceptors (Lipinski definition) is 5. The molecule has 0 bridgehead atoms. The van der Waals surface area contributed by atoms with Gasteiger partial charge in [0, 0.05) is 5.56 Å². The number of aromatic nitrogens is 2. The molecule has 0 unspecified atom stereocenters. The molecule has 0 N–H and O–H groups in total. The van der Waals surface area contributed by atoms with Crippen molar-refractivity contribution in [3.63, 3.8) is 0 Å². The summed E-state index contributed by atoms with van der Waals surface area (Å²) < 4.78 is 30.8. The Bertz CT molecular complexity index is 1410. The number of halogens is 2. The van der Waals surface area contributed by atoms with Crippen molar-refractivity contribution in [2.45, 2.75) is 32.5 Å². The molecule has 4 rings (SSSR count). The summed E-state index contributed by atoms with van der Waals surface area (Å²) in [6.07, 6.45) is 0. The van der Waals surface area contributed by atoms with E-state index in [-0.39, 0.29) is 22.8 Å². The second-order valence-corrected chi connectivity index (χ2v) is 8.85. The van der Waals surface area contributed by atoms with Gasteiger partial charge in [-0.15, -0.1) is 0 Å². The van der Waals surface area contributed by atoms with Gasteiger partial charge in [-0.3, -0.25) is 14.2 Å². The molecule has 174 valence electrons. The van der Waals surface area contributed by atoms with E-state index >= 15 is 0 Å². The smallest absolute Gasteiger partial charge is 0.387 e. The van der Waals surface area contributed by atoms with Crippen molar-refractivity contribution in [3.8, 4) is 11.4 Å². The second kappa shape index (κ2) is 9.77. The van der Waals surface area contributed by atoms with Gasteiger partial charge in [-0.2, -0.15) is 8.78 Å². The zero-order chi connectivity index (χ0) is 24.4. The summed E-state index contributed by atoms with van der Waals surface area (Å²) in [5.74, 6) is 0.00661. The van der Waals surface area contributed by atoms with E-state index in [2.05, 4.69) is 9.72 Å². The first-order chi connectivity index (χ1) is 16.2. The van der Waals surface area contributed by atoms with Gasteiger partial charge in [0.2, 0.25) is 0 Å². The Labute approximate surface area is 199 Å². The van der Waals surface area contributed by atoms with Crippen LogP contribution in [-0.2, 0) is 0 Å². The van der Waals surface area contributed by atoms with E-state index in [4.69, 9.17) is 0 Å². The van der Waals surface area contributed by atoms with Crippen LogP contribution in [0.3, 0.4) is 0 Å². The van der Waals surface area contributed by atoms with Crippen molar-refractivity contribution >= 4 is 28.4 Å². The van der Waals surface area contributed by atoms with Crippen LogP contribution in [0.1, 0.15) is 27.0 Å². The number of hydrogen-bond donors (Lipinski definition) is 0. The zero-order valence-corrected chi connectivity index (χ0v) is 19.7. The highest BCUT2D eigenvalue weighted by Gasteiger charge is 2.18. The number of carbonyl (C=O) groups is 1. The SMILES string of the molecule is Cc1cc(C)c(C(=O)CSc2nc3ccccc3c(=O)n2-c2ccc(OC(F)F)cc2)c(C)c1. The largest absolute Gasteiger partial charge is 0.435 e. The number of ether oxygens (including phenoxy) is 1. The zero-order valence-electron chi connectivity index (χ0n) is 18.8. The fourth-order valence-electron chi connectivity index (χ4n) is 4.04. The average molecular weight is 481 g/mol. The molecule has 0 spiro atoms. The van der Waals surface area contributed by atoms with Crippen molar-refractivity contribution in [1.29, 1.82) is 0 Å². The molecule has 0 atom stereocenters. The fourth-order valence-corrected chi connectivity index (χ4v) is 4.92. The van der Waals surface area contributed by atoms with Crippen LogP contribution in [0.2, 0.25) is 0 Å². The topological polar surface area (TPSA) is 61.2 Å². The van der Waals surface area contributed by atoms with E-state index in [0.717, 1.165) is 28.5 Å². The molecule has 0 aliphatic carbocycles. The number of thioether (sulfide) groups is 1. The predicted molar refractivity (Wildman–Crippen MR) is 130 cm³/mol. The molecule has 3 aromatic carbocycles. The molecular weight excluding hydrogens is 458 g/mol. The number of Topliss-reactive ketones (excluding diaryl/α,β-unsaturated/α-hetero) is 1. The number of rotatable bonds is 7. The van der Waals surface area contributed by atoms with E-state index in [1.807, 2.05) is 32.9 Å². The van der Waals surface area contributed by atoms with Crippen molar-refractivity contribution in [3.05, 3.63) is 93.3 Å². The van der Waals surface area contributed by atoms with E-state index < -0.39 is 6.61 Å². The number of para-hydroxylation sites is 1. The molecule has 0 fully saturated rings. The van der Waals surface area contributed by atoms with Crippen LogP contribution in [0.5, 0.6) is 5.75 Å². The fraction of sp³-hybridized carbons (Fsp3) is 0.192. The Hall–Kier alpha value is -3.52. The van der Waals surface area contributed by atoms with Crippen molar-refractivity contribution in [2.24, 2.45) is 0 Å². The number of ketones is 1. The maximum absolute atomic E-state index is 13.3. The summed E-state index contributed by atoms with van der Waals surface area (Å²) in [6.45, 7) is 2.86. The lowest BCUT2D eigenvalue weighted by Gasteiger charge is -2.14. The third kappa shape index (κ3) is 4.87. The molecule has 34 heavy (non-hydrogen) atoms. The Balaban J connectivity index is 1.73. The minimum Gasteiger partial charge on any atom is -0.435 e. The standard InChI is InChI=1S/C26H22F2N2O3S/c1-15-12-16(2)23(17(3)13-15)22(31)14-34-26-29-21-7-5-4-6-20(21)24(32)30(26)18-8-10-19(11-9-18)33-25(27)28/h4-13,25H,14H2,1-3H3. The highest BCUT2D eigenvalue weighted by molar-refractivity contribution is 7.99. The highest BCUT2D eigenvalue weighted by Crippen LogP contribution is 2.25. The third-order valence-corrected chi connectivity index (χ3v) is 6.29. The minimum atomic E-state index is -2.94. The normalized spacial score (nSPS) is 11.2. The summed E-state index contributed by atoms with van der Waals surface area (Å²) in [4.78, 5) is 31.1. The molecule has 5 nitrogen and oxygen atoms in total. The number of benzene rings is 3. The maximum Gasteiger partial charge on any atom is 0.387 e. The van der Waals surface area contributed by atoms with Crippen LogP contribution < -0.4 is 10.3 Å². The molecule has 0 saturated carbocycles. The lowest BCUT2D eigenvalue weighted by molar-refractivity contribution is -0.0498. The molecule has 0 radical (unpaired) electrons. The first-order valence-corrected chi connectivity index (χ1v) is 11.5. The van der Waals surface area contributed by atoms with Gasteiger partial charge >= 0.3 is 6.61 Å². The Morgan fingerprint density at radius 1 is 1.03 bits per heavy atom. The summed E-state index contributed by atoms with van der Waals surface area (Å²) in [5.41, 5.74) is 4.19. The monoisotopic (exact) mass is 480 g/mol. The van der Waals surface area contributed by atoms with Gasteiger partial charge in [0.05, 0.1) is 22.3 Å². The van der Waals surface area contributed by atoms with Gasteiger partial charge in [-0.05, 0) is 68.3 Å². The summed E-state index contributed by atoms with van der Waals surface area (Å²) in [5, 5.41) is 0.748. The maximum atomic E-state index is 13.3. The number of aryl methyl sites for hydroxylation is 3. The van der Waals surface area contributed by atoms with E-state index in [9.17, 15) is 18.4 Å². The molecule has 1 heterocycles. The van der Waals surface area contributed by atoms with Gasteiger partial charge in [-0.1, -0.05) is 41.6 Å². The number of carbonyl (C=O) groups excluding carboxylic acids is 1. The Morgan fingerprint density at radius 3 is 2.32 bits per heavy atom. The number of nitrogens with zero attached hydrogens (tertiary/aromatic N) is 2. The van der Waals surface area contributed by atoms with Crippen molar-refractivity contribution in [1.82, 2.24) is 9.55 Å². The summed E-state index contributed by atoms with van der Waals surface area (Å²) >= 11 is 1.16. The molecular formula is C26H22F2N2O3S. The van der Waals surface area contributed by atoms with Crippen molar-refractivity contribution < 1.29 is 18.3 Å². The first kappa shape index (κ1) is 23.6. The Morgan fingerprint density at radius 2 is 1.68 bits per heavy atom. The van der Waals surface area contributed by atoms with E-state index in [1.54, 1.807) is 24.3 Å². The molecule has 4 aromatic rings. The first-order valence-electron chi connectivity index (χ1n) is 10.6. The predicted octanol–water partition coefficient (Wildman–Crippen LogP) is 5.89.